The largest absolute Gasteiger partial charge is 0.294 e. The molecule has 0 amide bonds. The van der Waals surface area contributed by atoms with Crippen molar-refractivity contribution in [2.45, 2.75) is 90.4 Å². The molecule has 4 saturated carbocycles. The third kappa shape index (κ3) is 4.59. The lowest BCUT2D eigenvalue weighted by Gasteiger charge is -2.52. The summed E-state index contributed by atoms with van der Waals surface area (Å²) in [5, 5.41) is 0. The van der Waals surface area contributed by atoms with Gasteiger partial charge in [-0.05, 0) is 124 Å². The lowest BCUT2D eigenvalue weighted by atomic mass is 9.51. The molecule has 4 heteroatoms. The zero-order chi connectivity index (χ0) is 25.6. The molecule has 6 rings (SSSR count). The quantitative estimate of drug-likeness (QED) is 0.355. The fraction of sp³-hybridized carbons (Fsp3) is 0.606. The van der Waals surface area contributed by atoms with Crippen LogP contribution in [0, 0.1) is 40.3 Å². The summed E-state index contributed by atoms with van der Waals surface area (Å²) in [5.74, 6) is 1.34. The van der Waals surface area contributed by atoms with Gasteiger partial charge in [-0.15, -0.1) is 0 Å². The van der Waals surface area contributed by atoms with Crippen LogP contribution in [0.3, 0.4) is 0 Å². The summed E-state index contributed by atoms with van der Waals surface area (Å²) in [6.45, 7) is 2.06. The highest BCUT2D eigenvalue weighted by Crippen LogP contribution is 2.68. The van der Waals surface area contributed by atoms with Crippen LogP contribution in [-0.4, -0.2) is 17.8 Å². The molecule has 6 atom stereocenters. The number of hydrogen-bond acceptors (Lipinski definition) is 3. The number of ketones is 2. The average molecular weight is 502 g/mol. The molecule has 5 aliphatic rings. The highest BCUT2D eigenvalue weighted by Gasteiger charge is 2.59. The summed E-state index contributed by atoms with van der Waals surface area (Å²) in [4.78, 5) is 31.2. The van der Waals surface area contributed by atoms with Crippen molar-refractivity contribution in [1.82, 2.24) is 0 Å². The van der Waals surface area contributed by atoms with E-state index in [0.29, 0.717) is 34.0 Å². The topological polar surface area (TPSA) is 46.5 Å². The Morgan fingerprint density at radius 3 is 2.65 bits per heavy atom. The lowest BCUT2D eigenvalue weighted by molar-refractivity contribution is -0.130. The molecule has 4 aliphatic carbocycles. The molecule has 0 N–H and O–H groups in total. The Morgan fingerprint density at radius 1 is 1.03 bits per heavy atom. The standard InChI is InChI=1S/C33H40FNO2/c1-22-5-2-7-25(20-35-19-22)31(37)28-11-12-29(28)33-14-4-13-32(21-33,15-16-33)18-24-9-10-27(24)30(36)23-6-3-8-26(34)17-23/h3,5-6,8,17,19-20,24,27-29H,2,4,7,9-16,18,21H2,1H3/b22-5?,25-20-,35-19?/t24?,27?,28?,29-,32-,33?/m1/s1. The normalized spacial score (nSPS) is 38.3. The molecule has 4 unspecified atom stereocenters. The second-order valence-electron chi connectivity index (χ2n) is 13.0. The molecule has 0 aromatic heterocycles. The van der Waals surface area contributed by atoms with Crippen LogP contribution in [0.2, 0.25) is 0 Å². The Bertz CT molecular complexity index is 1180. The minimum atomic E-state index is -0.327. The number of Topliss-reactive ketones (excluding diaryl/α,β-unsaturated/α-hetero) is 2. The summed E-state index contributed by atoms with van der Waals surface area (Å²) in [7, 11) is 0. The molecule has 1 aromatic carbocycles. The van der Waals surface area contributed by atoms with Gasteiger partial charge in [0.2, 0.25) is 0 Å². The third-order valence-corrected chi connectivity index (χ3v) is 10.9. The first-order chi connectivity index (χ1) is 17.9. The molecule has 2 bridgehead atoms. The van der Waals surface area contributed by atoms with Crippen LogP contribution in [0.4, 0.5) is 4.39 Å². The van der Waals surface area contributed by atoms with E-state index in [4.69, 9.17) is 0 Å². The van der Waals surface area contributed by atoms with Crippen molar-refractivity contribution in [3.8, 4) is 0 Å². The number of halogens is 1. The van der Waals surface area contributed by atoms with E-state index in [2.05, 4.69) is 18.0 Å². The molecule has 1 heterocycles. The van der Waals surface area contributed by atoms with E-state index in [9.17, 15) is 14.0 Å². The van der Waals surface area contributed by atoms with E-state index < -0.39 is 0 Å². The third-order valence-electron chi connectivity index (χ3n) is 10.9. The van der Waals surface area contributed by atoms with E-state index in [1.54, 1.807) is 12.1 Å². The van der Waals surface area contributed by atoms with Gasteiger partial charge in [0.15, 0.2) is 11.6 Å². The monoisotopic (exact) mass is 501 g/mol. The highest BCUT2D eigenvalue weighted by atomic mass is 19.1. The van der Waals surface area contributed by atoms with Gasteiger partial charge >= 0.3 is 0 Å². The number of rotatable bonds is 7. The number of fused-ring (bicyclic) bond motifs is 2. The first-order valence-electron chi connectivity index (χ1n) is 14.6. The van der Waals surface area contributed by atoms with Gasteiger partial charge in [-0.2, -0.15) is 0 Å². The minimum absolute atomic E-state index is 0.0515. The lowest BCUT2D eigenvalue weighted by Crippen LogP contribution is -2.46. The summed E-state index contributed by atoms with van der Waals surface area (Å²) >= 11 is 0. The summed E-state index contributed by atoms with van der Waals surface area (Å²) in [5.41, 5.74) is 3.26. The maximum absolute atomic E-state index is 13.7. The first-order valence-corrected chi connectivity index (χ1v) is 14.6. The highest BCUT2D eigenvalue weighted by molar-refractivity contribution is 5.99. The smallest absolute Gasteiger partial charge is 0.166 e. The van der Waals surface area contributed by atoms with Crippen molar-refractivity contribution in [2.75, 3.05) is 0 Å². The average Bonchev–Trinajstić information content (AvgIpc) is 3.08. The van der Waals surface area contributed by atoms with Crippen molar-refractivity contribution in [2.24, 2.45) is 39.5 Å². The second kappa shape index (κ2) is 9.75. The van der Waals surface area contributed by atoms with Crippen LogP contribution in [0.1, 0.15) is 101 Å². The molecule has 1 aromatic rings. The van der Waals surface area contributed by atoms with Crippen molar-refractivity contribution >= 4 is 17.8 Å². The number of benzene rings is 1. The van der Waals surface area contributed by atoms with Crippen molar-refractivity contribution in [1.29, 1.82) is 0 Å². The molecular weight excluding hydrogens is 461 g/mol. The fourth-order valence-corrected chi connectivity index (χ4v) is 8.82. The zero-order valence-corrected chi connectivity index (χ0v) is 22.2. The predicted octanol–water partition coefficient (Wildman–Crippen LogP) is 8.06. The van der Waals surface area contributed by atoms with E-state index in [0.717, 1.165) is 44.1 Å². The molecule has 0 spiro atoms. The van der Waals surface area contributed by atoms with Crippen LogP contribution in [0.15, 0.2) is 52.7 Å². The zero-order valence-electron chi connectivity index (χ0n) is 22.2. The van der Waals surface area contributed by atoms with Crippen LogP contribution in [0.5, 0.6) is 0 Å². The Kier molecular flexibility index (Phi) is 6.57. The molecule has 4 fully saturated rings. The van der Waals surface area contributed by atoms with Crippen LogP contribution >= 0.6 is 0 Å². The number of nitrogens with zero attached hydrogens (tertiary/aromatic N) is 1. The Hall–Kier alpha value is -2.36. The van der Waals surface area contributed by atoms with Gasteiger partial charge in [-0.1, -0.05) is 24.6 Å². The number of hydrogen-bond donors (Lipinski definition) is 0. The van der Waals surface area contributed by atoms with Crippen molar-refractivity contribution in [3.05, 3.63) is 59.1 Å². The molecule has 1 aliphatic heterocycles. The second-order valence-corrected chi connectivity index (χ2v) is 13.0. The van der Waals surface area contributed by atoms with Gasteiger partial charge in [0.05, 0.1) is 0 Å². The maximum atomic E-state index is 13.7. The Morgan fingerprint density at radius 2 is 1.89 bits per heavy atom. The first kappa shape index (κ1) is 24.9. The van der Waals surface area contributed by atoms with Gasteiger partial charge in [-0.25, -0.2) is 4.39 Å². The minimum Gasteiger partial charge on any atom is -0.294 e. The SMILES string of the molecule is CC1=CCC/C(C(=O)C2CC[C@H]2C23CCC[C@](CC4CCC4C(=O)c4cccc(F)c4)(CC2)C3)=C/N=C1. The molecule has 37 heavy (non-hydrogen) atoms. The predicted molar refractivity (Wildman–Crippen MR) is 145 cm³/mol. The number of allylic oxidation sites excluding steroid dienone is 3. The molecule has 196 valence electrons. The van der Waals surface area contributed by atoms with Crippen LogP contribution in [-0.2, 0) is 4.79 Å². The summed E-state index contributed by atoms with van der Waals surface area (Å²) in [6, 6.07) is 6.22. The van der Waals surface area contributed by atoms with Crippen LogP contribution < -0.4 is 0 Å². The summed E-state index contributed by atoms with van der Waals surface area (Å²) < 4.78 is 13.7. The molecule has 0 radical (unpaired) electrons. The Balaban J connectivity index is 1.13. The van der Waals surface area contributed by atoms with E-state index in [1.807, 2.05) is 12.4 Å². The Labute approximate surface area is 220 Å². The number of carbonyl (C=O) groups is 2. The van der Waals surface area contributed by atoms with Gasteiger partial charge in [0.25, 0.3) is 0 Å². The van der Waals surface area contributed by atoms with Gasteiger partial charge < -0.3 is 0 Å². The maximum Gasteiger partial charge on any atom is 0.166 e. The van der Waals surface area contributed by atoms with Gasteiger partial charge in [0, 0.05) is 35.4 Å². The van der Waals surface area contributed by atoms with Gasteiger partial charge in [-0.3, -0.25) is 14.6 Å². The van der Waals surface area contributed by atoms with Crippen LogP contribution in [0.25, 0.3) is 0 Å². The molecular formula is C33H40FNO2. The van der Waals surface area contributed by atoms with Crippen molar-refractivity contribution < 1.29 is 14.0 Å². The molecule has 0 saturated heterocycles. The number of carbonyl (C=O) groups excluding carboxylic acids is 2. The van der Waals surface area contributed by atoms with Crippen molar-refractivity contribution in [3.63, 3.8) is 0 Å². The van der Waals surface area contributed by atoms with E-state index in [-0.39, 0.29) is 23.4 Å². The van der Waals surface area contributed by atoms with E-state index >= 15 is 0 Å². The fourth-order valence-electron chi connectivity index (χ4n) is 8.82. The van der Waals surface area contributed by atoms with E-state index in [1.165, 1.54) is 62.7 Å². The summed E-state index contributed by atoms with van der Waals surface area (Å²) in [6.07, 6.45) is 20.5. The van der Waals surface area contributed by atoms with Gasteiger partial charge in [0.1, 0.15) is 5.82 Å². The number of aliphatic imine (C=N–C) groups is 1. The molecule has 3 nitrogen and oxygen atoms in total.